The number of amides is 1. The lowest BCUT2D eigenvalue weighted by Crippen LogP contribution is -2.26. The van der Waals surface area contributed by atoms with Gasteiger partial charge in [-0.2, -0.15) is 0 Å². The van der Waals surface area contributed by atoms with Crippen molar-refractivity contribution in [1.29, 1.82) is 0 Å². The molecule has 0 saturated heterocycles. The van der Waals surface area contributed by atoms with Crippen LogP contribution in [0.25, 0.3) is 0 Å². The fourth-order valence-electron chi connectivity index (χ4n) is 2.26. The number of nitrogens with one attached hydrogen (secondary N) is 1. The predicted octanol–water partition coefficient (Wildman–Crippen LogP) is 0.223. The third-order valence-electron chi connectivity index (χ3n) is 3.31. The fraction of sp³-hybridized carbons (Fsp3) is 0.462. The molecular formula is C13H19N3O3S. The van der Waals surface area contributed by atoms with E-state index >= 15 is 0 Å². The molecule has 6 nitrogen and oxygen atoms in total. The van der Waals surface area contributed by atoms with E-state index in [4.69, 9.17) is 5.73 Å². The Morgan fingerprint density at radius 3 is 2.85 bits per heavy atom. The van der Waals surface area contributed by atoms with E-state index in [1.54, 1.807) is 17.0 Å². The topological polar surface area (TPSA) is 92.5 Å². The monoisotopic (exact) mass is 297 g/mol. The summed E-state index contributed by atoms with van der Waals surface area (Å²) in [5, 5.41) is 0. The van der Waals surface area contributed by atoms with Crippen molar-refractivity contribution in [2.75, 3.05) is 24.5 Å². The van der Waals surface area contributed by atoms with Gasteiger partial charge in [-0.1, -0.05) is 0 Å². The van der Waals surface area contributed by atoms with Crippen molar-refractivity contribution in [1.82, 2.24) is 4.72 Å². The van der Waals surface area contributed by atoms with Gasteiger partial charge in [0.2, 0.25) is 15.9 Å². The highest BCUT2D eigenvalue weighted by atomic mass is 32.2. The van der Waals surface area contributed by atoms with Crippen LogP contribution in [-0.4, -0.2) is 34.0 Å². The van der Waals surface area contributed by atoms with E-state index in [0.717, 1.165) is 11.3 Å². The first-order chi connectivity index (χ1) is 9.45. The highest BCUT2D eigenvalue weighted by Gasteiger charge is 2.24. The molecule has 2 rings (SSSR count). The molecule has 0 bridgehead atoms. The van der Waals surface area contributed by atoms with Gasteiger partial charge in [0, 0.05) is 25.7 Å². The molecule has 0 unspecified atom stereocenters. The van der Waals surface area contributed by atoms with Crippen molar-refractivity contribution in [3.63, 3.8) is 0 Å². The zero-order chi connectivity index (χ0) is 14.8. The average molecular weight is 297 g/mol. The van der Waals surface area contributed by atoms with Crippen LogP contribution in [0, 0.1) is 0 Å². The molecule has 0 fully saturated rings. The number of sulfonamides is 1. The number of rotatable bonds is 5. The second kappa shape index (κ2) is 5.90. The number of fused-ring (bicyclic) bond motifs is 1. The van der Waals surface area contributed by atoms with Gasteiger partial charge < -0.3 is 10.6 Å². The summed E-state index contributed by atoms with van der Waals surface area (Å²) < 4.78 is 26.7. The minimum Gasteiger partial charge on any atom is -0.330 e. The van der Waals surface area contributed by atoms with Gasteiger partial charge in [-0.05, 0) is 43.1 Å². The molecule has 1 heterocycles. The van der Waals surface area contributed by atoms with E-state index in [9.17, 15) is 13.2 Å². The number of carbonyl (C=O) groups is 1. The van der Waals surface area contributed by atoms with Gasteiger partial charge in [-0.15, -0.1) is 0 Å². The summed E-state index contributed by atoms with van der Waals surface area (Å²) in [7, 11) is -3.50. The lowest BCUT2D eigenvalue weighted by Gasteiger charge is -2.15. The Kier molecular flexibility index (Phi) is 4.42. The van der Waals surface area contributed by atoms with Gasteiger partial charge in [0.25, 0.3) is 0 Å². The van der Waals surface area contributed by atoms with E-state index in [1.807, 2.05) is 0 Å². The van der Waals surface area contributed by atoms with Crippen molar-refractivity contribution in [2.45, 2.75) is 24.7 Å². The van der Waals surface area contributed by atoms with Crippen molar-refractivity contribution < 1.29 is 13.2 Å². The molecule has 0 aromatic heterocycles. The molecule has 1 aliphatic heterocycles. The Bertz CT molecular complexity index is 613. The summed E-state index contributed by atoms with van der Waals surface area (Å²) in [6.07, 6.45) is 1.28. The smallest absolute Gasteiger partial charge is 0.240 e. The zero-order valence-electron chi connectivity index (χ0n) is 11.4. The van der Waals surface area contributed by atoms with Gasteiger partial charge in [-0.25, -0.2) is 13.1 Å². The van der Waals surface area contributed by atoms with Crippen molar-refractivity contribution >= 4 is 21.6 Å². The molecule has 0 atom stereocenters. The predicted molar refractivity (Wildman–Crippen MR) is 77.0 cm³/mol. The first kappa shape index (κ1) is 15.0. The summed E-state index contributed by atoms with van der Waals surface area (Å²) in [4.78, 5) is 13.3. The molecule has 0 aliphatic carbocycles. The normalized spacial score (nSPS) is 14.4. The Balaban J connectivity index is 2.22. The number of carbonyl (C=O) groups excluding carboxylic acids is 1. The number of benzene rings is 1. The number of hydrogen-bond acceptors (Lipinski definition) is 4. The van der Waals surface area contributed by atoms with Crippen LogP contribution < -0.4 is 15.4 Å². The highest BCUT2D eigenvalue weighted by Crippen LogP contribution is 2.30. The summed E-state index contributed by atoms with van der Waals surface area (Å²) in [6.45, 7) is 2.89. The van der Waals surface area contributed by atoms with Gasteiger partial charge in [0.15, 0.2) is 0 Å². The molecule has 1 aromatic carbocycles. The number of nitrogens with zero attached hydrogens (tertiary/aromatic N) is 1. The molecular weight excluding hydrogens is 278 g/mol. The molecule has 0 saturated carbocycles. The largest absolute Gasteiger partial charge is 0.330 e. The van der Waals surface area contributed by atoms with Crippen LogP contribution >= 0.6 is 0 Å². The van der Waals surface area contributed by atoms with Crippen LogP contribution in [0.5, 0.6) is 0 Å². The van der Waals surface area contributed by atoms with Crippen LogP contribution in [0.3, 0.4) is 0 Å². The van der Waals surface area contributed by atoms with Crippen LogP contribution in [0.4, 0.5) is 5.69 Å². The van der Waals surface area contributed by atoms with Crippen LogP contribution in [0.15, 0.2) is 23.1 Å². The third-order valence-corrected chi connectivity index (χ3v) is 4.77. The Hall–Kier alpha value is -1.44. The van der Waals surface area contributed by atoms with Crippen LogP contribution in [0.2, 0.25) is 0 Å². The van der Waals surface area contributed by atoms with Crippen molar-refractivity contribution in [3.05, 3.63) is 23.8 Å². The Morgan fingerprint density at radius 1 is 1.45 bits per heavy atom. The van der Waals surface area contributed by atoms with E-state index in [-0.39, 0.29) is 10.8 Å². The molecule has 20 heavy (non-hydrogen) atoms. The van der Waals surface area contributed by atoms with Gasteiger partial charge >= 0.3 is 0 Å². The first-order valence-electron chi connectivity index (χ1n) is 6.56. The minimum atomic E-state index is -3.50. The van der Waals surface area contributed by atoms with Crippen molar-refractivity contribution in [2.24, 2.45) is 5.73 Å². The molecule has 3 N–H and O–H groups in total. The molecule has 1 aliphatic rings. The van der Waals surface area contributed by atoms with Crippen LogP contribution in [0.1, 0.15) is 18.9 Å². The van der Waals surface area contributed by atoms with E-state index in [2.05, 4.69) is 4.72 Å². The number of nitrogens with two attached hydrogens (primary N) is 1. The van der Waals surface area contributed by atoms with E-state index in [0.29, 0.717) is 32.5 Å². The minimum absolute atomic E-state index is 0.0274. The SMILES string of the molecule is CC(=O)N1CCc2cc(S(=O)(=O)NCCCN)ccc21. The molecule has 7 heteroatoms. The maximum Gasteiger partial charge on any atom is 0.240 e. The van der Waals surface area contributed by atoms with E-state index < -0.39 is 10.0 Å². The molecule has 110 valence electrons. The maximum atomic E-state index is 12.1. The summed E-state index contributed by atoms with van der Waals surface area (Å²) in [6, 6.07) is 4.87. The fourth-order valence-corrected chi connectivity index (χ4v) is 3.39. The third kappa shape index (κ3) is 3.00. The standard InChI is InChI=1S/C13H19N3O3S/c1-10(17)16-8-5-11-9-12(3-4-13(11)16)20(18,19)15-7-2-6-14/h3-4,9,15H,2,5-8,14H2,1H3. The first-order valence-corrected chi connectivity index (χ1v) is 8.05. The lowest BCUT2D eigenvalue weighted by molar-refractivity contribution is -0.116. The summed E-state index contributed by atoms with van der Waals surface area (Å²) in [5.41, 5.74) is 7.04. The maximum absolute atomic E-state index is 12.1. The zero-order valence-corrected chi connectivity index (χ0v) is 12.2. The molecule has 0 radical (unpaired) electrons. The molecule has 0 spiro atoms. The highest BCUT2D eigenvalue weighted by molar-refractivity contribution is 7.89. The second-order valence-corrected chi connectivity index (χ2v) is 6.52. The summed E-state index contributed by atoms with van der Waals surface area (Å²) >= 11 is 0. The average Bonchev–Trinajstić information content (AvgIpc) is 2.81. The van der Waals surface area contributed by atoms with Gasteiger partial charge in [0.1, 0.15) is 0 Å². The molecule has 1 aromatic rings. The quantitative estimate of drug-likeness (QED) is 0.761. The van der Waals surface area contributed by atoms with Crippen LogP contribution in [-0.2, 0) is 21.2 Å². The molecule has 1 amide bonds. The lowest BCUT2D eigenvalue weighted by atomic mass is 10.2. The van der Waals surface area contributed by atoms with Gasteiger partial charge in [0.05, 0.1) is 4.90 Å². The Morgan fingerprint density at radius 2 is 2.20 bits per heavy atom. The van der Waals surface area contributed by atoms with E-state index in [1.165, 1.54) is 13.0 Å². The number of hydrogen-bond donors (Lipinski definition) is 2. The summed E-state index contributed by atoms with van der Waals surface area (Å²) in [5.74, 6) is -0.0274. The Labute approximate surface area is 119 Å². The van der Waals surface area contributed by atoms with Crippen molar-refractivity contribution in [3.8, 4) is 0 Å². The number of anilines is 1. The second-order valence-electron chi connectivity index (χ2n) is 4.75. The van der Waals surface area contributed by atoms with Gasteiger partial charge in [-0.3, -0.25) is 4.79 Å².